The number of hydrogen-bond donors (Lipinski definition) is 2. The number of ether oxygens (including phenoxy) is 2. The van der Waals surface area contributed by atoms with Gasteiger partial charge in [-0.1, -0.05) is 48.5 Å². The zero-order valence-electron chi connectivity index (χ0n) is 20.2. The van der Waals surface area contributed by atoms with Gasteiger partial charge < -0.3 is 14.8 Å². The van der Waals surface area contributed by atoms with Crippen molar-refractivity contribution in [1.82, 2.24) is 5.43 Å². The van der Waals surface area contributed by atoms with E-state index in [1.807, 2.05) is 43.3 Å². The smallest absolute Gasteiger partial charge is 0.271 e. The molecule has 0 aromatic heterocycles. The summed E-state index contributed by atoms with van der Waals surface area (Å²) in [5.74, 6) is 0.621. The number of nitrogens with zero attached hydrogens (tertiary/aromatic N) is 1. The highest BCUT2D eigenvalue weighted by molar-refractivity contribution is 5.97. The lowest BCUT2D eigenvalue weighted by Crippen LogP contribution is -2.18. The number of hydrogen-bond acceptors (Lipinski definition) is 5. The van der Waals surface area contributed by atoms with Crippen LogP contribution < -0.4 is 20.2 Å². The van der Waals surface area contributed by atoms with E-state index < -0.39 is 5.91 Å². The lowest BCUT2D eigenvalue weighted by molar-refractivity contribution is -0.114. The van der Waals surface area contributed by atoms with Gasteiger partial charge >= 0.3 is 0 Å². The molecule has 4 aromatic rings. The topological polar surface area (TPSA) is 89.0 Å². The van der Waals surface area contributed by atoms with Gasteiger partial charge in [0.2, 0.25) is 5.91 Å². The average Bonchev–Trinajstić information content (AvgIpc) is 2.88. The molecule has 4 rings (SSSR count). The van der Waals surface area contributed by atoms with Gasteiger partial charge in [-0.25, -0.2) is 5.43 Å². The fourth-order valence-electron chi connectivity index (χ4n) is 3.74. The zero-order valence-corrected chi connectivity index (χ0v) is 20.2. The van der Waals surface area contributed by atoms with Crippen molar-refractivity contribution < 1.29 is 19.1 Å². The van der Waals surface area contributed by atoms with Crippen molar-refractivity contribution in [3.05, 3.63) is 102 Å². The van der Waals surface area contributed by atoms with Gasteiger partial charge in [-0.05, 0) is 65.2 Å². The van der Waals surface area contributed by atoms with Crippen LogP contribution >= 0.6 is 0 Å². The summed E-state index contributed by atoms with van der Waals surface area (Å²) < 4.78 is 11.9. The molecule has 0 saturated heterocycles. The minimum Gasteiger partial charge on any atom is -0.490 e. The van der Waals surface area contributed by atoms with Crippen molar-refractivity contribution in [2.75, 3.05) is 11.9 Å². The van der Waals surface area contributed by atoms with Crippen molar-refractivity contribution >= 4 is 34.5 Å². The van der Waals surface area contributed by atoms with E-state index in [-0.39, 0.29) is 5.91 Å². The van der Waals surface area contributed by atoms with Crippen LogP contribution in [0, 0.1) is 0 Å². The Kier molecular flexibility index (Phi) is 7.93. The molecule has 182 valence electrons. The molecule has 0 radical (unpaired) electrons. The molecule has 36 heavy (non-hydrogen) atoms. The van der Waals surface area contributed by atoms with Crippen LogP contribution in [0.5, 0.6) is 11.5 Å². The normalized spacial score (nSPS) is 10.8. The number of benzene rings is 4. The summed E-state index contributed by atoms with van der Waals surface area (Å²) in [6, 6.07) is 26.5. The summed E-state index contributed by atoms with van der Waals surface area (Å²) in [5, 5.41) is 9.03. The van der Waals surface area contributed by atoms with E-state index in [9.17, 15) is 9.59 Å². The van der Waals surface area contributed by atoms with Crippen molar-refractivity contribution in [3.8, 4) is 11.5 Å². The van der Waals surface area contributed by atoms with Crippen molar-refractivity contribution in [2.24, 2.45) is 5.10 Å². The SMILES string of the molecule is CCOc1cc(/C=N\NC(=O)c2cccc(NC(C)=O)c2)ccc1OCc1cccc2ccccc12. The Labute approximate surface area is 209 Å². The van der Waals surface area contributed by atoms with E-state index in [1.165, 1.54) is 18.5 Å². The van der Waals surface area contributed by atoms with Gasteiger partial charge in [-0.15, -0.1) is 0 Å². The van der Waals surface area contributed by atoms with Crippen LogP contribution in [-0.4, -0.2) is 24.6 Å². The van der Waals surface area contributed by atoms with Gasteiger partial charge in [0, 0.05) is 18.2 Å². The maximum atomic E-state index is 12.4. The molecule has 0 heterocycles. The first-order valence-electron chi connectivity index (χ1n) is 11.6. The molecule has 0 bridgehead atoms. The molecule has 4 aromatic carbocycles. The highest BCUT2D eigenvalue weighted by Gasteiger charge is 2.09. The highest BCUT2D eigenvalue weighted by Crippen LogP contribution is 2.30. The van der Waals surface area contributed by atoms with E-state index in [2.05, 4.69) is 40.1 Å². The second-order valence-electron chi connectivity index (χ2n) is 8.03. The van der Waals surface area contributed by atoms with E-state index in [0.717, 1.165) is 16.5 Å². The lowest BCUT2D eigenvalue weighted by Gasteiger charge is -2.13. The third-order valence-corrected chi connectivity index (χ3v) is 5.36. The number of carbonyl (C=O) groups is 2. The summed E-state index contributed by atoms with van der Waals surface area (Å²) in [6.07, 6.45) is 1.53. The van der Waals surface area contributed by atoms with Crippen LogP contribution in [0.15, 0.2) is 90.0 Å². The molecule has 0 fully saturated rings. The minimum atomic E-state index is -0.390. The summed E-state index contributed by atoms with van der Waals surface area (Å²) in [6.45, 7) is 4.20. The molecule has 0 aliphatic rings. The van der Waals surface area contributed by atoms with Crippen LogP contribution in [-0.2, 0) is 11.4 Å². The second kappa shape index (κ2) is 11.7. The van der Waals surface area contributed by atoms with Crippen molar-refractivity contribution in [1.29, 1.82) is 0 Å². The quantitative estimate of drug-likeness (QED) is 0.243. The number of rotatable bonds is 9. The van der Waals surface area contributed by atoms with Gasteiger partial charge in [0.25, 0.3) is 5.91 Å². The first-order valence-corrected chi connectivity index (χ1v) is 11.6. The molecule has 2 N–H and O–H groups in total. The van der Waals surface area contributed by atoms with E-state index in [4.69, 9.17) is 9.47 Å². The monoisotopic (exact) mass is 481 g/mol. The predicted octanol–water partition coefficient (Wildman–Crippen LogP) is 5.54. The summed E-state index contributed by atoms with van der Waals surface area (Å²) >= 11 is 0. The fourth-order valence-corrected chi connectivity index (χ4v) is 3.74. The molecule has 0 saturated carbocycles. The van der Waals surface area contributed by atoms with Gasteiger partial charge in [0.1, 0.15) is 6.61 Å². The Morgan fingerprint density at radius 1 is 0.889 bits per heavy atom. The van der Waals surface area contributed by atoms with Crippen LogP contribution in [0.2, 0.25) is 0 Å². The average molecular weight is 482 g/mol. The minimum absolute atomic E-state index is 0.208. The van der Waals surface area contributed by atoms with Crippen LogP contribution in [0.1, 0.15) is 35.3 Å². The Morgan fingerprint density at radius 2 is 1.69 bits per heavy atom. The molecule has 7 heteroatoms. The molecule has 0 spiro atoms. The van der Waals surface area contributed by atoms with E-state index >= 15 is 0 Å². The number of hydrazone groups is 1. The van der Waals surface area contributed by atoms with Crippen LogP contribution in [0.4, 0.5) is 5.69 Å². The summed E-state index contributed by atoms with van der Waals surface area (Å²) in [4.78, 5) is 23.7. The van der Waals surface area contributed by atoms with Gasteiger partial charge in [-0.3, -0.25) is 9.59 Å². The summed E-state index contributed by atoms with van der Waals surface area (Å²) in [5.41, 5.74) is 5.25. The van der Waals surface area contributed by atoms with Gasteiger partial charge in [-0.2, -0.15) is 5.10 Å². The molecule has 7 nitrogen and oxygen atoms in total. The second-order valence-corrected chi connectivity index (χ2v) is 8.03. The van der Waals surface area contributed by atoms with E-state index in [1.54, 1.807) is 24.3 Å². The van der Waals surface area contributed by atoms with Crippen molar-refractivity contribution in [3.63, 3.8) is 0 Å². The fraction of sp³-hybridized carbons (Fsp3) is 0.138. The number of amides is 2. The standard InChI is InChI=1S/C29H27N3O4/c1-3-35-28-16-21(18-30-32-29(34)23-10-7-12-25(17-23)31-20(2)33)14-15-27(28)36-19-24-11-6-9-22-8-4-5-13-26(22)24/h4-18H,3,19H2,1-2H3,(H,31,33)(H,32,34)/b30-18-. The Hall–Kier alpha value is -4.65. The molecule has 0 atom stereocenters. The van der Waals surface area contributed by atoms with E-state index in [0.29, 0.717) is 36.0 Å². The Morgan fingerprint density at radius 3 is 2.53 bits per heavy atom. The largest absolute Gasteiger partial charge is 0.490 e. The molecular weight excluding hydrogens is 454 g/mol. The van der Waals surface area contributed by atoms with Crippen molar-refractivity contribution in [2.45, 2.75) is 20.5 Å². The van der Waals surface area contributed by atoms with Crippen LogP contribution in [0.3, 0.4) is 0 Å². The van der Waals surface area contributed by atoms with Crippen LogP contribution in [0.25, 0.3) is 10.8 Å². The number of nitrogens with one attached hydrogen (secondary N) is 2. The molecule has 0 aliphatic carbocycles. The van der Waals surface area contributed by atoms with Gasteiger partial charge in [0.15, 0.2) is 11.5 Å². The maximum Gasteiger partial charge on any atom is 0.271 e. The zero-order chi connectivity index (χ0) is 25.3. The Balaban J connectivity index is 1.43. The summed E-state index contributed by atoms with van der Waals surface area (Å²) in [7, 11) is 0. The number of anilines is 1. The third-order valence-electron chi connectivity index (χ3n) is 5.36. The predicted molar refractivity (Wildman–Crippen MR) is 142 cm³/mol. The third kappa shape index (κ3) is 6.27. The lowest BCUT2D eigenvalue weighted by atomic mass is 10.1. The highest BCUT2D eigenvalue weighted by atomic mass is 16.5. The number of carbonyl (C=O) groups excluding carboxylic acids is 2. The molecule has 2 amide bonds. The first kappa shape index (κ1) is 24.5. The van der Waals surface area contributed by atoms with Gasteiger partial charge in [0.05, 0.1) is 12.8 Å². The molecule has 0 aliphatic heterocycles. The molecule has 0 unspecified atom stereocenters. The number of fused-ring (bicyclic) bond motifs is 1. The first-order chi connectivity index (χ1) is 17.5. The molecular formula is C29H27N3O4. The maximum absolute atomic E-state index is 12.4. The Bertz CT molecular complexity index is 1410.